The van der Waals surface area contributed by atoms with Gasteiger partial charge in [-0.25, -0.2) is 0 Å². The Morgan fingerprint density at radius 3 is 2.77 bits per heavy atom. The molecule has 0 spiro atoms. The van der Waals surface area contributed by atoms with E-state index >= 15 is 0 Å². The molecule has 1 aromatic heterocycles. The Balaban J connectivity index is 1.85. The topological polar surface area (TPSA) is 59.5 Å². The first-order chi connectivity index (χ1) is 10.5. The Morgan fingerprint density at radius 2 is 2.05 bits per heavy atom. The molecule has 1 aliphatic rings. The van der Waals surface area contributed by atoms with Crippen LogP contribution in [0.1, 0.15) is 41.4 Å². The number of hydrogen-bond donors (Lipinski definition) is 1. The van der Waals surface area contributed by atoms with Crippen LogP contribution in [-0.4, -0.2) is 29.9 Å². The fourth-order valence-electron chi connectivity index (χ4n) is 3.19. The summed E-state index contributed by atoms with van der Waals surface area (Å²) < 4.78 is 5.79. The molecule has 1 aliphatic heterocycles. The Labute approximate surface area is 131 Å². The zero-order valence-corrected chi connectivity index (χ0v) is 13.6. The molecule has 118 valence electrons. The average molecular weight is 300 g/mol. The molecule has 3 rings (SSSR count). The first-order valence-electron chi connectivity index (χ1n) is 8.01. The molecule has 1 amide bonds. The van der Waals surface area contributed by atoms with Crippen LogP contribution in [0.5, 0.6) is 0 Å². The summed E-state index contributed by atoms with van der Waals surface area (Å²) in [7, 11) is 0. The van der Waals surface area contributed by atoms with Gasteiger partial charge < -0.3 is 15.1 Å². The van der Waals surface area contributed by atoms with Gasteiger partial charge in [-0.1, -0.05) is 0 Å². The summed E-state index contributed by atoms with van der Waals surface area (Å²) in [5.41, 5.74) is 9.17. The highest BCUT2D eigenvalue weighted by Gasteiger charge is 2.28. The minimum Gasteiger partial charge on any atom is -0.451 e. The molecule has 0 unspecified atom stereocenters. The Kier molecular flexibility index (Phi) is 3.96. The van der Waals surface area contributed by atoms with Crippen molar-refractivity contribution >= 4 is 16.9 Å². The lowest BCUT2D eigenvalue weighted by Crippen LogP contribution is -2.44. The lowest BCUT2D eigenvalue weighted by atomic mass is 9.92. The van der Waals surface area contributed by atoms with Gasteiger partial charge in [0, 0.05) is 24.5 Å². The van der Waals surface area contributed by atoms with Crippen molar-refractivity contribution in [1.29, 1.82) is 0 Å². The van der Waals surface area contributed by atoms with Gasteiger partial charge in [-0.3, -0.25) is 4.79 Å². The van der Waals surface area contributed by atoms with Gasteiger partial charge in [0.2, 0.25) is 0 Å². The summed E-state index contributed by atoms with van der Waals surface area (Å²) in [4.78, 5) is 14.6. The van der Waals surface area contributed by atoms with Crippen molar-refractivity contribution in [2.24, 2.45) is 11.7 Å². The zero-order chi connectivity index (χ0) is 15.9. The summed E-state index contributed by atoms with van der Waals surface area (Å²) in [5, 5.41) is 0.993. The quantitative estimate of drug-likeness (QED) is 0.926. The van der Waals surface area contributed by atoms with Crippen LogP contribution in [0.3, 0.4) is 0 Å². The number of carbonyl (C=O) groups is 1. The number of carbonyl (C=O) groups excluding carboxylic acids is 1. The normalized spacial score (nSPS) is 20.4. The fraction of sp³-hybridized carbons (Fsp3) is 0.500. The van der Waals surface area contributed by atoms with E-state index in [9.17, 15) is 4.79 Å². The predicted molar refractivity (Wildman–Crippen MR) is 88.0 cm³/mol. The smallest absolute Gasteiger partial charge is 0.289 e. The molecule has 0 saturated carbocycles. The van der Waals surface area contributed by atoms with Crippen LogP contribution < -0.4 is 5.73 Å². The maximum Gasteiger partial charge on any atom is 0.289 e. The molecule has 2 heterocycles. The van der Waals surface area contributed by atoms with E-state index in [0.717, 1.165) is 36.9 Å². The van der Waals surface area contributed by atoms with Crippen LogP contribution in [-0.2, 0) is 0 Å². The van der Waals surface area contributed by atoms with Crippen LogP contribution >= 0.6 is 0 Å². The van der Waals surface area contributed by atoms with Crippen molar-refractivity contribution in [3.8, 4) is 0 Å². The van der Waals surface area contributed by atoms with Crippen LogP contribution in [0.15, 0.2) is 22.6 Å². The number of amides is 1. The summed E-state index contributed by atoms with van der Waals surface area (Å²) in [6.07, 6.45) is 2.11. The molecule has 2 atom stereocenters. The number of piperidine rings is 1. The average Bonchev–Trinajstić information content (AvgIpc) is 2.89. The van der Waals surface area contributed by atoms with E-state index in [4.69, 9.17) is 10.2 Å². The van der Waals surface area contributed by atoms with Gasteiger partial charge in [0.25, 0.3) is 5.91 Å². The third-order valence-electron chi connectivity index (χ3n) is 4.83. The van der Waals surface area contributed by atoms with Gasteiger partial charge in [0.15, 0.2) is 5.76 Å². The maximum absolute atomic E-state index is 12.7. The molecular weight excluding hydrogens is 276 g/mol. The van der Waals surface area contributed by atoms with Crippen LogP contribution in [0, 0.1) is 19.8 Å². The van der Waals surface area contributed by atoms with Gasteiger partial charge in [0.1, 0.15) is 5.58 Å². The standard InChI is InChI=1S/C18H24N2O2/c1-11-7-15-9-17(22-16(15)8-12(11)2)18(21)20-6-4-5-14(10-20)13(3)19/h7-9,13-14H,4-6,10,19H2,1-3H3/t13-,14-/m0/s1. The third kappa shape index (κ3) is 2.75. The van der Waals surface area contributed by atoms with E-state index in [1.807, 2.05) is 24.0 Å². The SMILES string of the molecule is Cc1cc2cc(C(=O)N3CCC[C@H]([C@H](C)N)C3)oc2cc1C. The molecule has 4 nitrogen and oxygen atoms in total. The van der Waals surface area contributed by atoms with Crippen molar-refractivity contribution in [3.63, 3.8) is 0 Å². The predicted octanol–water partition coefficient (Wildman–Crippen LogP) is 3.25. The Morgan fingerprint density at radius 1 is 1.32 bits per heavy atom. The third-order valence-corrected chi connectivity index (χ3v) is 4.83. The molecule has 22 heavy (non-hydrogen) atoms. The summed E-state index contributed by atoms with van der Waals surface area (Å²) >= 11 is 0. The lowest BCUT2D eigenvalue weighted by Gasteiger charge is -2.34. The van der Waals surface area contributed by atoms with Crippen LogP contribution in [0.25, 0.3) is 11.0 Å². The number of hydrogen-bond acceptors (Lipinski definition) is 3. The highest BCUT2D eigenvalue weighted by Crippen LogP contribution is 2.26. The van der Waals surface area contributed by atoms with Gasteiger partial charge in [-0.05, 0) is 68.9 Å². The van der Waals surface area contributed by atoms with Crippen molar-refractivity contribution in [3.05, 3.63) is 35.1 Å². The number of furan rings is 1. The number of benzene rings is 1. The molecule has 0 radical (unpaired) electrons. The highest BCUT2D eigenvalue weighted by atomic mass is 16.3. The summed E-state index contributed by atoms with van der Waals surface area (Å²) in [6, 6.07) is 6.06. The Hall–Kier alpha value is -1.81. The lowest BCUT2D eigenvalue weighted by molar-refractivity contribution is 0.0631. The first kappa shape index (κ1) is 15.1. The molecule has 1 aromatic carbocycles. The first-order valence-corrected chi connectivity index (χ1v) is 8.01. The minimum absolute atomic E-state index is 0.0168. The van der Waals surface area contributed by atoms with Gasteiger partial charge in [-0.15, -0.1) is 0 Å². The molecule has 2 aromatic rings. The molecule has 1 fully saturated rings. The molecule has 1 saturated heterocycles. The second-order valence-corrected chi connectivity index (χ2v) is 6.60. The largest absolute Gasteiger partial charge is 0.451 e. The fourth-order valence-corrected chi connectivity index (χ4v) is 3.19. The van der Waals surface area contributed by atoms with E-state index in [-0.39, 0.29) is 11.9 Å². The summed E-state index contributed by atoms with van der Waals surface area (Å²) in [5.74, 6) is 0.800. The molecule has 0 aliphatic carbocycles. The molecule has 2 N–H and O–H groups in total. The number of nitrogens with zero attached hydrogens (tertiary/aromatic N) is 1. The molecular formula is C18H24N2O2. The van der Waals surface area contributed by atoms with E-state index in [2.05, 4.69) is 19.9 Å². The number of rotatable bonds is 2. The van der Waals surface area contributed by atoms with Crippen molar-refractivity contribution in [2.75, 3.05) is 13.1 Å². The van der Waals surface area contributed by atoms with Crippen molar-refractivity contribution < 1.29 is 9.21 Å². The van der Waals surface area contributed by atoms with Crippen molar-refractivity contribution in [2.45, 2.75) is 39.7 Å². The van der Waals surface area contributed by atoms with Crippen molar-refractivity contribution in [1.82, 2.24) is 4.90 Å². The monoisotopic (exact) mass is 300 g/mol. The zero-order valence-electron chi connectivity index (χ0n) is 13.6. The van der Waals surface area contributed by atoms with Gasteiger partial charge >= 0.3 is 0 Å². The molecule has 0 bridgehead atoms. The maximum atomic E-state index is 12.7. The van der Waals surface area contributed by atoms with E-state index < -0.39 is 0 Å². The van der Waals surface area contributed by atoms with Gasteiger partial charge in [-0.2, -0.15) is 0 Å². The highest BCUT2D eigenvalue weighted by molar-refractivity contribution is 5.96. The van der Waals surface area contributed by atoms with Gasteiger partial charge in [0.05, 0.1) is 0 Å². The second-order valence-electron chi connectivity index (χ2n) is 6.60. The summed E-state index contributed by atoms with van der Waals surface area (Å²) in [6.45, 7) is 7.66. The number of fused-ring (bicyclic) bond motifs is 1. The van der Waals surface area contributed by atoms with Crippen LogP contribution in [0.4, 0.5) is 0 Å². The molecule has 4 heteroatoms. The van der Waals surface area contributed by atoms with E-state index in [0.29, 0.717) is 11.7 Å². The number of nitrogens with two attached hydrogens (primary N) is 1. The van der Waals surface area contributed by atoms with E-state index in [1.165, 1.54) is 11.1 Å². The minimum atomic E-state index is -0.0168. The second kappa shape index (κ2) is 5.76. The van der Waals surface area contributed by atoms with Crippen LogP contribution in [0.2, 0.25) is 0 Å². The number of likely N-dealkylation sites (tertiary alicyclic amines) is 1. The van der Waals surface area contributed by atoms with E-state index in [1.54, 1.807) is 0 Å². The Bertz CT molecular complexity index is 663. The number of aryl methyl sites for hydroxylation is 2.